The normalized spacial score (nSPS) is 15.2. The number of rotatable bonds is 3. The molecule has 0 saturated heterocycles. The molecule has 78 valence electrons. The number of halogens is 2. The van der Waals surface area contributed by atoms with Gasteiger partial charge in [-0.2, -0.15) is 0 Å². The van der Waals surface area contributed by atoms with Crippen LogP contribution in [-0.4, -0.2) is 12.6 Å². The van der Waals surface area contributed by atoms with Crippen LogP contribution in [0.2, 0.25) is 0 Å². The highest BCUT2D eigenvalue weighted by molar-refractivity contribution is 5.25. The summed E-state index contributed by atoms with van der Waals surface area (Å²) in [5, 5.41) is 0. The van der Waals surface area contributed by atoms with Gasteiger partial charge in [0.2, 0.25) is 0 Å². The highest BCUT2D eigenvalue weighted by atomic mass is 19.1. The molecule has 0 aromatic heterocycles. The summed E-state index contributed by atoms with van der Waals surface area (Å²) in [5.41, 5.74) is 11.0. The highest BCUT2D eigenvalue weighted by Crippen LogP contribution is 2.23. The molecule has 0 heterocycles. The molecule has 2 unspecified atom stereocenters. The van der Waals surface area contributed by atoms with Crippen molar-refractivity contribution >= 4 is 0 Å². The summed E-state index contributed by atoms with van der Waals surface area (Å²) in [4.78, 5) is 0. The van der Waals surface area contributed by atoms with Gasteiger partial charge < -0.3 is 11.5 Å². The first-order valence-electron chi connectivity index (χ1n) is 4.47. The fourth-order valence-corrected chi connectivity index (χ4v) is 1.46. The largest absolute Gasteiger partial charge is 0.330 e. The van der Waals surface area contributed by atoms with E-state index in [-0.39, 0.29) is 18.2 Å². The molecule has 0 aliphatic rings. The monoisotopic (exact) mass is 200 g/mol. The minimum absolute atomic E-state index is 0.00926. The Balaban J connectivity index is 3.15. The smallest absolute Gasteiger partial charge is 0.129 e. The minimum Gasteiger partial charge on any atom is -0.330 e. The van der Waals surface area contributed by atoms with Gasteiger partial charge in [-0.3, -0.25) is 0 Å². The van der Waals surface area contributed by atoms with Crippen molar-refractivity contribution in [2.75, 3.05) is 6.54 Å². The number of benzene rings is 1. The first-order chi connectivity index (χ1) is 6.57. The topological polar surface area (TPSA) is 52.0 Å². The van der Waals surface area contributed by atoms with Gasteiger partial charge in [0.25, 0.3) is 0 Å². The van der Waals surface area contributed by atoms with Crippen LogP contribution >= 0.6 is 0 Å². The maximum absolute atomic E-state index is 13.3. The van der Waals surface area contributed by atoms with Crippen LogP contribution in [0.25, 0.3) is 0 Å². The van der Waals surface area contributed by atoms with Crippen LogP contribution in [0.3, 0.4) is 0 Å². The third kappa shape index (κ3) is 2.08. The summed E-state index contributed by atoms with van der Waals surface area (Å²) in [6.45, 7) is 1.82. The molecule has 1 aromatic carbocycles. The van der Waals surface area contributed by atoms with Crippen molar-refractivity contribution in [3.05, 3.63) is 35.4 Å². The van der Waals surface area contributed by atoms with Gasteiger partial charge in [0.1, 0.15) is 11.6 Å². The first kappa shape index (κ1) is 11.1. The Morgan fingerprint density at radius 1 is 1.29 bits per heavy atom. The van der Waals surface area contributed by atoms with Gasteiger partial charge in [-0.05, 0) is 19.1 Å². The van der Waals surface area contributed by atoms with Crippen molar-refractivity contribution in [1.29, 1.82) is 0 Å². The fourth-order valence-electron chi connectivity index (χ4n) is 1.46. The van der Waals surface area contributed by atoms with Crippen molar-refractivity contribution in [2.24, 2.45) is 11.5 Å². The molecule has 2 atom stereocenters. The molecule has 14 heavy (non-hydrogen) atoms. The van der Waals surface area contributed by atoms with Gasteiger partial charge in [-0.25, -0.2) is 8.78 Å². The molecule has 0 fully saturated rings. The van der Waals surface area contributed by atoms with Crippen molar-refractivity contribution in [3.8, 4) is 0 Å². The van der Waals surface area contributed by atoms with E-state index in [1.54, 1.807) is 6.92 Å². The number of hydrogen-bond acceptors (Lipinski definition) is 2. The molecule has 0 saturated carbocycles. The molecule has 0 radical (unpaired) electrons. The molecule has 0 aliphatic heterocycles. The Morgan fingerprint density at radius 2 is 1.79 bits per heavy atom. The van der Waals surface area contributed by atoms with Gasteiger partial charge in [0, 0.05) is 24.1 Å². The zero-order valence-corrected chi connectivity index (χ0v) is 8.00. The van der Waals surface area contributed by atoms with Crippen LogP contribution in [0.5, 0.6) is 0 Å². The van der Waals surface area contributed by atoms with Crippen LogP contribution in [-0.2, 0) is 0 Å². The predicted molar refractivity (Wildman–Crippen MR) is 51.8 cm³/mol. The lowest BCUT2D eigenvalue weighted by Gasteiger charge is -2.20. The first-order valence-corrected chi connectivity index (χ1v) is 4.47. The van der Waals surface area contributed by atoms with Crippen LogP contribution in [0.15, 0.2) is 18.2 Å². The van der Waals surface area contributed by atoms with Crippen LogP contribution in [0.4, 0.5) is 8.78 Å². The molecular weight excluding hydrogens is 186 g/mol. The Kier molecular flexibility index (Phi) is 3.55. The van der Waals surface area contributed by atoms with E-state index in [1.165, 1.54) is 18.2 Å². The zero-order valence-electron chi connectivity index (χ0n) is 8.00. The Bertz CT molecular complexity index is 293. The molecular formula is C10H14F2N2. The van der Waals surface area contributed by atoms with E-state index in [2.05, 4.69) is 0 Å². The number of hydrogen-bond donors (Lipinski definition) is 2. The maximum Gasteiger partial charge on any atom is 0.129 e. The molecule has 0 aliphatic carbocycles. The summed E-state index contributed by atoms with van der Waals surface area (Å²) < 4.78 is 26.6. The van der Waals surface area contributed by atoms with Crippen molar-refractivity contribution < 1.29 is 8.78 Å². The van der Waals surface area contributed by atoms with Gasteiger partial charge in [-0.15, -0.1) is 0 Å². The second-order valence-electron chi connectivity index (χ2n) is 3.34. The number of nitrogens with two attached hydrogens (primary N) is 2. The Morgan fingerprint density at radius 3 is 2.14 bits per heavy atom. The quantitative estimate of drug-likeness (QED) is 0.773. The Labute approximate surface area is 81.9 Å². The molecule has 1 rings (SSSR count). The van der Waals surface area contributed by atoms with E-state index in [0.29, 0.717) is 0 Å². The lowest BCUT2D eigenvalue weighted by Crippen LogP contribution is -2.31. The predicted octanol–water partition coefficient (Wildman–Crippen LogP) is 1.35. The highest BCUT2D eigenvalue weighted by Gasteiger charge is 2.21. The van der Waals surface area contributed by atoms with Gasteiger partial charge in [0.15, 0.2) is 0 Å². The fraction of sp³-hybridized carbons (Fsp3) is 0.400. The van der Waals surface area contributed by atoms with E-state index in [4.69, 9.17) is 11.5 Å². The molecule has 4 N–H and O–H groups in total. The van der Waals surface area contributed by atoms with Crippen molar-refractivity contribution in [3.63, 3.8) is 0 Å². The molecule has 4 heteroatoms. The van der Waals surface area contributed by atoms with E-state index < -0.39 is 17.6 Å². The summed E-state index contributed by atoms with van der Waals surface area (Å²) in [6, 6.07) is 3.38. The molecule has 0 spiro atoms. The maximum atomic E-state index is 13.3. The zero-order chi connectivity index (χ0) is 10.7. The summed E-state index contributed by atoms with van der Waals surface area (Å²) >= 11 is 0. The minimum atomic E-state index is -0.585. The third-order valence-corrected chi connectivity index (χ3v) is 2.26. The summed E-state index contributed by atoms with van der Waals surface area (Å²) in [7, 11) is 0. The van der Waals surface area contributed by atoms with Crippen LogP contribution in [0, 0.1) is 11.6 Å². The van der Waals surface area contributed by atoms with E-state index in [0.717, 1.165) is 0 Å². The average Bonchev–Trinajstić information content (AvgIpc) is 2.10. The van der Waals surface area contributed by atoms with Gasteiger partial charge in [0.05, 0.1) is 0 Å². The average molecular weight is 200 g/mol. The third-order valence-electron chi connectivity index (χ3n) is 2.26. The summed E-state index contributed by atoms with van der Waals surface area (Å²) in [6.07, 6.45) is 0. The second-order valence-corrected chi connectivity index (χ2v) is 3.34. The van der Waals surface area contributed by atoms with Crippen molar-refractivity contribution in [2.45, 2.75) is 18.9 Å². The van der Waals surface area contributed by atoms with Gasteiger partial charge in [-0.1, -0.05) is 6.07 Å². The lowest BCUT2D eigenvalue weighted by molar-refractivity contribution is 0.488. The van der Waals surface area contributed by atoms with E-state index in [9.17, 15) is 8.78 Å². The van der Waals surface area contributed by atoms with E-state index >= 15 is 0 Å². The van der Waals surface area contributed by atoms with Gasteiger partial charge >= 0.3 is 0 Å². The van der Waals surface area contributed by atoms with Crippen molar-refractivity contribution in [1.82, 2.24) is 0 Å². The SMILES string of the molecule is CC(N)C(CN)c1c(F)cccc1F. The second kappa shape index (κ2) is 4.48. The standard InChI is InChI=1S/C10H14F2N2/c1-6(14)7(5-13)10-8(11)3-2-4-9(10)12/h2-4,6-7H,5,13-14H2,1H3. The lowest BCUT2D eigenvalue weighted by atomic mass is 9.92. The van der Waals surface area contributed by atoms with E-state index in [1.807, 2.05) is 0 Å². The van der Waals surface area contributed by atoms with Crippen LogP contribution < -0.4 is 11.5 Å². The van der Waals surface area contributed by atoms with Crippen LogP contribution in [0.1, 0.15) is 18.4 Å². The Hall–Kier alpha value is -1.00. The molecule has 1 aromatic rings. The molecule has 0 amide bonds. The summed E-state index contributed by atoms with van der Waals surface area (Å²) in [5.74, 6) is -1.65. The molecule has 0 bridgehead atoms. The molecule has 2 nitrogen and oxygen atoms in total.